The molecule has 6 heteroatoms. The van der Waals surface area contributed by atoms with Gasteiger partial charge in [0.05, 0.1) is 5.69 Å². The van der Waals surface area contributed by atoms with Crippen LogP contribution in [0.4, 0.5) is 0 Å². The summed E-state index contributed by atoms with van der Waals surface area (Å²) in [7, 11) is 2.02. The van der Waals surface area contributed by atoms with Crippen molar-refractivity contribution in [3.05, 3.63) is 70.7 Å². The van der Waals surface area contributed by atoms with Gasteiger partial charge in [0, 0.05) is 29.3 Å². The molecule has 0 radical (unpaired) electrons. The van der Waals surface area contributed by atoms with E-state index in [1.54, 1.807) is 23.1 Å². The lowest BCUT2D eigenvalue weighted by molar-refractivity contribution is 0.793. The average Bonchev–Trinajstić information content (AvgIpc) is 3.34. The molecule has 0 amide bonds. The second-order valence-corrected chi connectivity index (χ2v) is 9.19. The van der Waals surface area contributed by atoms with Crippen LogP contribution in [0.25, 0.3) is 22.0 Å². The first-order valence-electron chi connectivity index (χ1n) is 9.66. The van der Waals surface area contributed by atoms with Gasteiger partial charge < -0.3 is 4.57 Å². The van der Waals surface area contributed by atoms with Crippen molar-refractivity contribution in [3.8, 4) is 22.0 Å². The van der Waals surface area contributed by atoms with Crippen LogP contribution in [0, 0.1) is 6.92 Å². The van der Waals surface area contributed by atoms with Crippen molar-refractivity contribution < 1.29 is 0 Å². The summed E-state index contributed by atoms with van der Waals surface area (Å²) in [6, 6.07) is 17.0. The highest BCUT2D eigenvalue weighted by atomic mass is 32.2. The molecule has 0 spiro atoms. The summed E-state index contributed by atoms with van der Waals surface area (Å²) in [6.45, 7) is 6.52. The van der Waals surface area contributed by atoms with Crippen molar-refractivity contribution in [2.75, 3.05) is 0 Å². The molecule has 0 aliphatic rings. The summed E-state index contributed by atoms with van der Waals surface area (Å²) in [4.78, 5) is 4.82. The predicted octanol–water partition coefficient (Wildman–Crippen LogP) is 6.33. The van der Waals surface area contributed by atoms with Gasteiger partial charge in [0.15, 0.2) is 11.0 Å². The van der Waals surface area contributed by atoms with Gasteiger partial charge in [-0.1, -0.05) is 74.1 Å². The van der Waals surface area contributed by atoms with E-state index in [0.717, 1.165) is 33.0 Å². The largest absolute Gasteiger partial charge is 0.305 e. The molecule has 0 fully saturated rings. The maximum Gasteiger partial charge on any atom is 0.191 e. The second kappa shape index (κ2) is 8.51. The van der Waals surface area contributed by atoms with Crippen molar-refractivity contribution >= 4 is 23.1 Å². The lowest BCUT2D eigenvalue weighted by atomic mass is 10.0. The van der Waals surface area contributed by atoms with Gasteiger partial charge in [-0.05, 0) is 24.0 Å². The minimum absolute atomic E-state index is 0.545. The van der Waals surface area contributed by atoms with Crippen LogP contribution in [0.1, 0.15) is 36.6 Å². The van der Waals surface area contributed by atoms with Crippen LogP contribution in [0.5, 0.6) is 0 Å². The minimum Gasteiger partial charge on any atom is -0.305 e. The van der Waals surface area contributed by atoms with Crippen molar-refractivity contribution in [2.24, 2.45) is 7.05 Å². The average molecular weight is 421 g/mol. The molecule has 0 saturated heterocycles. The van der Waals surface area contributed by atoms with Crippen LogP contribution in [-0.4, -0.2) is 19.7 Å². The van der Waals surface area contributed by atoms with Crippen molar-refractivity contribution in [3.63, 3.8) is 0 Å². The Morgan fingerprint density at radius 1 is 1.03 bits per heavy atom. The number of benzene rings is 2. The standard InChI is InChI=1S/C23H24N4S2/c1-15(2)17-9-11-18(12-10-17)22-24-19(13-28-22)14-29-23-26-25-21(27(23)4)20-8-6-5-7-16(20)3/h5-13,15H,14H2,1-4H3. The third kappa shape index (κ3) is 4.28. The smallest absolute Gasteiger partial charge is 0.191 e. The first-order chi connectivity index (χ1) is 14.0. The molecule has 4 nitrogen and oxygen atoms in total. The molecule has 4 rings (SSSR count). The van der Waals surface area contributed by atoms with E-state index in [-0.39, 0.29) is 0 Å². The predicted molar refractivity (Wildman–Crippen MR) is 122 cm³/mol. The second-order valence-electron chi connectivity index (χ2n) is 7.39. The maximum atomic E-state index is 4.82. The van der Waals surface area contributed by atoms with E-state index < -0.39 is 0 Å². The number of hydrogen-bond acceptors (Lipinski definition) is 5. The molecule has 2 heterocycles. The van der Waals surface area contributed by atoms with E-state index >= 15 is 0 Å². The van der Waals surface area contributed by atoms with E-state index in [4.69, 9.17) is 4.98 Å². The summed E-state index contributed by atoms with van der Waals surface area (Å²) in [5.41, 5.74) is 5.93. The molecule has 2 aromatic carbocycles. The molecule has 29 heavy (non-hydrogen) atoms. The van der Waals surface area contributed by atoms with Gasteiger partial charge in [-0.15, -0.1) is 21.5 Å². The van der Waals surface area contributed by atoms with Gasteiger partial charge in [-0.3, -0.25) is 0 Å². The topological polar surface area (TPSA) is 43.6 Å². The molecule has 0 aliphatic carbocycles. The van der Waals surface area contributed by atoms with Gasteiger partial charge >= 0.3 is 0 Å². The molecular weight excluding hydrogens is 396 g/mol. The van der Waals surface area contributed by atoms with Crippen LogP contribution < -0.4 is 0 Å². The third-order valence-electron chi connectivity index (χ3n) is 4.95. The van der Waals surface area contributed by atoms with Gasteiger partial charge in [0.25, 0.3) is 0 Å². The Balaban J connectivity index is 1.46. The summed E-state index contributed by atoms with van der Waals surface area (Å²) >= 11 is 3.36. The molecule has 4 aromatic rings. The van der Waals surface area contributed by atoms with Crippen LogP contribution in [0.2, 0.25) is 0 Å². The van der Waals surface area contributed by atoms with E-state index in [0.29, 0.717) is 5.92 Å². The van der Waals surface area contributed by atoms with E-state index in [1.807, 2.05) is 19.2 Å². The van der Waals surface area contributed by atoms with Crippen LogP contribution in [-0.2, 0) is 12.8 Å². The number of thiazole rings is 1. The van der Waals surface area contributed by atoms with Gasteiger partial charge in [-0.2, -0.15) is 0 Å². The minimum atomic E-state index is 0.545. The first-order valence-corrected chi connectivity index (χ1v) is 11.5. The van der Waals surface area contributed by atoms with Crippen molar-refractivity contribution in [2.45, 2.75) is 37.6 Å². The highest BCUT2D eigenvalue weighted by molar-refractivity contribution is 7.98. The SMILES string of the molecule is Cc1ccccc1-c1nnc(SCc2csc(-c3ccc(C(C)C)cc3)n2)n1C. The first kappa shape index (κ1) is 19.9. The molecular formula is C23H24N4S2. The van der Waals surface area contributed by atoms with Crippen molar-refractivity contribution in [1.82, 2.24) is 19.7 Å². The molecule has 0 bridgehead atoms. The zero-order valence-electron chi connectivity index (χ0n) is 17.1. The zero-order valence-corrected chi connectivity index (χ0v) is 18.7. The number of aromatic nitrogens is 4. The number of thioether (sulfide) groups is 1. The van der Waals surface area contributed by atoms with Crippen LogP contribution in [0.15, 0.2) is 59.1 Å². The Morgan fingerprint density at radius 3 is 2.52 bits per heavy atom. The zero-order chi connectivity index (χ0) is 20.4. The molecule has 0 aliphatic heterocycles. The van der Waals surface area contributed by atoms with Crippen LogP contribution >= 0.6 is 23.1 Å². The lowest BCUT2D eigenvalue weighted by Gasteiger charge is -2.06. The summed E-state index contributed by atoms with van der Waals surface area (Å²) in [5, 5.41) is 12.9. The number of aryl methyl sites for hydroxylation is 1. The molecule has 0 atom stereocenters. The highest BCUT2D eigenvalue weighted by Gasteiger charge is 2.14. The maximum absolute atomic E-state index is 4.82. The Bertz CT molecular complexity index is 1110. The number of nitrogens with zero attached hydrogens (tertiary/aromatic N) is 4. The molecule has 0 saturated carbocycles. The Labute approximate surface area is 180 Å². The highest BCUT2D eigenvalue weighted by Crippen LogP contribution is 2.30. The number of rotatable bonds is 6. The van der Waals surface area contributed by atoms with Gasteiger partial charge in [0.2, 0.25) is 0 Å². The molecule has 0 N–H and O–H groups in total. The number of hydrogen-bond donors (Lipinski definition) is 0. The fourth-order valence-corrected chi connectivity index (χ4v) is 4.89. The van der Waals surface area contributed by atoms with E-state index in [9.17, 15) is 0 Å². The summed E-state index contributed by atoms with van der Waals surface area (Å²) in [6.07, 6.45) is 0. The van der Waals surface area contributed by atoms with E-state index in [1.165, 1.54) is 16.7 Å². The third-order valence-corrected chi connectivity index (χ3v) is 6.94. The lowest BCUT2D eigenvalue weighted by Crippen LogP contribution is -1.96. The summed E-state index contributed by atoms with van der Waals surface area (Å²) < 4.78 is 2.06. The van der Waals surface area contributed by atoms with Crippen LogP contribution in [0.3, 0.4) is 0 Å². The Hall–Kier alpha value is -2.44. The fraction of sp³-hybridized carbons (Fsp3) is 0.261. The molecule has 0 unspecified atom stereocenters. The molecule has 2 aromatic heterocycles. The van der Waals surface area contributed by atoms with E-state index in [2.05, 4.69) is 77.3 Å². The Morgan fingerprint density at radius 2 is 1.79 bits per heavy atom. The monoisotopic (exact) mass is 420 g/mol. The fourth-order valence-electron chi connectivity index (χ4n) is 3.15. The van der Waals surface area contributed by atoms with Crippen molar-refractivity contribution in [1.29, 1.82) is 0 Å². The van der Waals surface area contributed by atoms with Gasteiger partial charge in [-0.25, -0.2) is 4.98 Å². The summed E-state index contributed by atoms with van der Waals surface area (Å²) in [5.74, 6) is 2.22. The Kier molecular flexibility index (Phi) is 5.83. The molecule has 148 valence electrons. The van der Waals surface area contributed by atoms with Gasteiger partial charge in [0.1, 0.15) is 5.01 Å². The normalized spacial score (nSPS) is 11.3. The quantitative estimate of drug-likeness (QED) is 0.342.